The Bertz CT molecular complexity index is 779. The van der Waals surface area contributed by atoms with Gasteiger partial charge in [-0.1, -0.05) is 30.3 Å². The largest absolute Gasteiger partial charge is 0.493 e. The molecule has 1 saturated carbocycles. The summed E-state index contributed by atoms with van der Waals surface area (Å²) < 4.78 is 10.8. The molecule has 0 bridgehead atoms. The number of ether oxygens (including phenoxy) is 2. The molecule has 2 aromatic rings. The molecule has 128 valence electrons. The van der Waals surface area contributed by atoms with E-state index >= 15 is 0 Å². The summed E-state index contributed by atoms with van der Waals surface area (Å²) in [7, 11) is 1.50. The number of rotatable bonds is 7. The molecule has 0 unspecified atom stereocenters. The predicted octanol–water partition coefficient (Wildman–Crippen LogP) is 3.21. The maximum Gasteiger partial charge on any atom is 0.258 e. The minimum absolute atomic E-state index is 0.0279. The molecule has 1 atom stereocenters. The van der Waals surface area contributed by atoms with Gasteiger partial charge in [0, 0.05) is 6.07 Å². The van der Waals surface area contributed by atoms with Crippen LogP contribution < -0.4 is 14.8 Å². The first-order valence-electron chi connectivity index (χ1n) is 8.26. The maximum atomic E-state index is 12.3. The van der Waals surface area contributed by atoms with Crippen LogP contribution in [0, 0.1) is 17.2 Å². The summed E-state index contributed by atoms with van der Waals surface area (Å²) in [5.74, 6) is 1.20. The Morgan fingerprint density at radius 2 is 2.00 bits per heavy atom. The number of carbonyl (C=O) groups excluding carboxylic acids is 1. The van der Waals surface area contributed by atoms with E-state index in [4.69, 9.17) is 14.7 Å². The van der Waals surface area contributed by atoms with Crippen LogP contribution in [-0.4, -0.2) is 19.6 Å². The summed E-state index contributed by atoms with van der Waals surface area (Å²) in [6.45, 7) is -0.0989. The standard InChI is InChI=1S/C20H20N2O3/c1-24-18-11-14(12-21)7-10-17(18)25-13-19(23)22-20(16-8-9-16)15-5-3-2-4-6-15/h2-7,10-11,16,20H,8-9,13H2,1H3,(H,22,23)/t20-/m1/s1. The molecule has 1 fully saturated rings. The molecule has 1 aliphatic rings. The van der Waals surface area contributed by atoms with Crippen molar-refractivity contribution in [2.75, 3.05) is 13.7 Å². The molecule has 0 saturated heterocycles. The third kappa shape index (κ3) is 4.30. The zero-order valence-corrected chi connectivity index (χ0v) is 14.1. The van der Waals surface area contributed by atoms with Crippen LogP contribution in [-0.2, 0) is 4.79 Å². The fourth-order valence-corrected chi connectivity index (χ4v) is 2.78. The van der Waals surface area contributed by atoms with Gasteiger partial charge in [0.15, 0.2) is 18.1 Å². The molecule has 3 rings (SSSR count). The van der Waals surface area contributed by atoms with Gasteiger partial charge in [0.25, 0.3) is 5.91 Å². The number of methoxy groups -OCH3 is 1. The zero-order chi connectivity index (χ0) is 17.6. The number of nitrogens with zero attached hydrogens (tertiary/aromatic N) is 1. The van der Waals surface area contributed by atoms with Gasteiger partial charge in [-0.05, 0) is 36.5 Å². The fourth-order valence-electron chi connectivity index (χ4n) is 2.78. The second-order valence-electron chi connectivity index (χ2n) is 6.06. The van der Waals surface area contributed by atoms with E-state index in [1.54, 1.807) is 18.2 Å². The van der Waals surface area contributed by atoms with Gasteiger partial charge in [-0.15, -0.1) is 0 Å². The minimum atomic E-state index is -0.174. The lowest BCUT2D eigenvalue weighted by Crippen LogP contribution is -2.33. The fraction of sp³-hybridized carbons (Fsp3) is 0.300. The van der Waals surface area contributed by atoms with Gasteiger partial charge < -0.3 is 14.8 Å². The molecule has 0 spiro atoms. The Balaban J connectivity index is 1.62. The lowest BCUT2D eigenvalue weighted by molar-refractivity contribution is -0.124. The van der Waals surface area contributed by atoms with Crippen molar-refractivity contribution in [2.45, 2.75) is 18.9 Å². The van der Waals surface area contributed by atoms with Crippen molar-refractivity contribution < 1.29 is 14.3 Å². The number of hydrogen-bond donors (Lipinski definition) is 1. The van der Waals surface area contributed by atoms with Gasteiger partial charge >= 0.3 is 0 Å². The topological polar surface area (TPSA) is 71.3 Å². The summed E-state index contributed by atoms with van der Waals surface area (Å²) >= 11 is 0. The van der Waals surface area contributed by atoms with Gasteiger partial charge in [0.05, 0.1) is 24.8 Å². The Kier molecular flexibility index (Phi) is 5.20. The number of nitrogens with one attached hydrogen (secondary N) is 1. The molecule has 0 radical (unpaired) electrons. The summed E-state index contributed by atoms with van der Waals surface area (Å²) in [4.78, 5) is 12.3. The van der Waals surface area contributed by atoms with Crippen LogP contribution in [0.3, 0.4) is 0 Å². The van der Waals surface area contributed by atoms with E-state index in [1.807, 2.05) is 36.4 Å². The van der Waals surface area contributed by atoms with Crippen molar-refractivity contribution >= 4 is 5.91 Å². The molecular weight excluding hydrogens is 316 g/mol. The lowest BCUT2D eigenvalue weighted by atomic mass is 10.0. The molecule has 1 N–H and O–H groups in total. The molecule has 5 nitrogen and oxygen atoms in total. The van der Waals surface area contributed by atoms with E-state index in [0.717, 1.165) is 18.4 Å². The normalized spacial score (nSPS) is 14.2. The molecule has 1 amide bonds. The van der Waals surface area contributed by atoms with Gasteiger partial charge in [0.1, 0.15) is 0 Å². The molecule has 2 aromatic carbocycles. The van der Waals surface area contributed by atoms with Crippen molar-refractivity contribution in [3.63, 3.8) is 0 Å². The number of hydrogen-bond acceptors (Lipinski definition) is 4. The maximum absolute atomic E-state index is 12.3. The van der Waals surface area contributed by atoms with Crippen LogP contribution in [0.5, 0.6) is 11.5 Å². The van der Waals surface area contributed by atoms with Gasteiger partial charge in [-0.3, -0.25) is 4.79 Å². The van der Waals surface area contributed by atoms with E-state index < -0.39 is 0 Å². The SMILES string of the molecule is COc1cc(C#N)ccc1OCC(=O)N[C@H](c1ccccc1)C1CC1. The Morgan fingerprint density at radius 3 is 2.64 bits per heavy atom. The highest BCUT2D eigenvalue weighted by Crippen LogP contribution is 2.40. The van der Waals surface area contributed by atoms with Crippen molar-refractivity contribution in [3.05, 3.63) is 59.7 Å². The van der Waals surface area contributed by atoms with Crippen LogP contribution in [0.2, 0.25) is 0 Å². The highest BCUT2D eigenvalue weighted by Gasteiger charge is 2.33. The average molecular weight is 336 g/mol. The molecule has 0 aliphatic heterocycles. The molecule has 0 heterocycles. The lowest BCUT2D eigenvalue weighted by Gasteiger charge is -2.19. The Hall–Kier alpha value is -3.00. The quantitative estimate of drug-likeness (QED) is 0.843. The second-order valence-corrected chi connectivity index (χ2v) is 6.06. The van der Waals surface area contributed by atoms with E-state index in [9.17, 15) is 4.79 Å². The first-order valence-corrected chi connectivity index (χ1v) is 8.26. The van der Waals surface area contributed by atoms with Crippen LogP contribution in [0.15, 0.2) is 48.5 Å². The Labute approximate surface area is 147 Å². The first kappa shape index (κ1) is 16.8. The molecule has 0 aromatic heterocycles. The zero-order valence-electron chi connectivity index (χ0n) is 14.1. The first-order chi connectivity index (χ1) is 12.2. The number of carbonyl (C=O) groups is 1. The molecule has 25 heavy (non-hydrogen) atoms. The third-order valence-corrected chi connectivity index (χ3v) is 4.22. The third-order valence-electron chi connectivity index (χ3n) is 4.22. The average Bonchev–Trinajstić information content (AvgIpc) is 3.50. The molecule has 5 heteroatoms. The van der Waals surface area contributed by atoms with Gasteiger partial charge in [-0.2, -0.15) is 5.26 Å². The summed E-state index contributed by atoms with van der Waals surface area (Å²) in [6, 6.07) is 16.9. The van der Waals surface area contributed by atoms with Crippen molar-refractivity contribution in [1.82, 2.24) is 5.32 Å². The highest BCUT2D eigenvalue weighted by molar-refractivity contribution is 5.78. The number of nitriles is 1. The minimum Gasteiger partial charge on any atom is -0.493 e. The van der Waals surface area contributed by atoms with E-state index in [2.05, 4.69) is 5.32 Å². The number of benzene rings is 2. The number of amides is 1. The van der Waals surface area contributed by atoms with Crippen LogP contribution >= 0.6 is 0 Å². The summed E-state index contributed by atoms with van der Waals surface area (Å²) in [5, 5.41) is 12.0. The smallest absolute Gasteiger partial charge is 0.258 e. The summed E-state index contributed by atoms with van der Waals surface area (Å²) in [5.41, 5.74) is 1.60. The van der Waals surface area contributed by atoms with Crippen LogP contribution in [0.1, 0.15) is 30.0 Å². The van der Waals surface area contributed by atoms with Gasteiger partial charge in [-0.25, -0.2) is 0 Å². The van der Waals surface area contributed by atoms with Crippen LogP contribution in [0.25, 0.3) is 0 Å². The monoisotopic (exact) mass is 336 g/mol. The summed E-state index contributed by atoms with van der Waals surface area (Å²) in [6.07, 6.45) is 2.26. The molecular formula is C20H20N2O3. The van der Waals surface area contributed by atoms with Crippen molar-refractivity contribution in [3.8, 4) is 17.6 Å². The predicted molar refractivity (Wildman–Crippen MR) is 93.3 cm³/mol. The van der Waals surface area contributed by atoms with Crippen molar-refractivity contribution in [2.24, 2.45) is 5.92 Å². The van der Waals surface area contributed by atoms with E-state index in [0.29, 0.717) is 23.0 Å². The Morgan fingerprint density at radius 1 is 1.24 bits per heavy atom. The second kappa shape index (κ2) is 7.71. The van der Waals surface area contributed by atoms with Crippen LogP contribution in [0.4, 0.5) is 0 Å². The highest BCUT2D eigenvalue weighted by atomic mass is 16.5. The van der Waals surface area contributed by atoms with E-state index in [1.165, 1.54) is 7.11 Å². The van der Waals surface area contributed by atoms with Crippen molar-refractivity contribution in [1.29, 1.82) is 5.26 Å². The van der Waals surface area contributed by atoms with E-state index in [-0.39, 0.29) is 18.6 Å². The van der Waals surface area contributed by atoms with Gasteiger partial charge in [0.2, 0.25) is 0 Å². The molecule has 1 aliphatic carbocycles.